The predicted octanol–water partition coefficient (Wildman–Crippen LogP) is 3.25. The Bertz CT molecular complexity index is 1030. The summed E-state index contributed by atoms with van der Waals surface area (Å²) in [5.41, 5.74) is 0.577. The molecule has 0 unspecified atom stereocenters. The third kappa shape index (κ3) is 3.92. The zero-order valence-electron chi connectivity index (χ0n) is 15.3. The van der Waals surface area contributed by atoms with Crippen molar-refractivity contribution in [2.75, 3.05) is 13.7 Å². The van der Waals surface area contributed by atoms with Gasteiger partial charge in [0.25, 0.3) is 5.56 Å². The summed E-state index contributed by atoms with van der Waals surface area (Å²) < 4.78 is 16.1. The van der Waals surface area contributed by atoms with Crippen LogP contribution in [0.2, 0.25) is 0 Å². The highest BCUT2D eigenvalue weighted by Gasteiger charge is 2.18. The molecule has 3 aromatic rings. The molecule has 27 heavy (non-hydrogen) atoms. The van der Waals surface area contributed by atoms with Gasteiger partial charge in [-0.3, -0.25) is 4.79 Å². The molecular formula is C20H20N2O5. The first-order chi connectivity index (χ1) is 13.0. The zero-order chi connectivity index (χ0) is 19.4. The average molecular weight is 368 g/mol. The van der Waals surface area contributed by atoms with Crippen LogP contribution in [0.1, 0.15) is 36.1 Å². The largest absolute Gasteiger partial charge is 0.493 e. The average Bonchev–Trinajstić information content (AvgIpc) is 2.68. The van der Waals surface area contributed by atoms with Gasteiger partial charge in [-0.15, -0.1) is 0 Å². The van der Waals surface area contributed by atoms with Crippen molar-refractivity contribution < 1.29 is 19.0 Å². The van der Waals surface area contributed by atoms with E-state index >= 15 is 0 Å². The van der Waals surface area contributed by atoms with E-state index in [1.807, 2.05) is 6.92 Å². The van der Waals surface area contributed by atoms with Crippen LogP contribution in [0.15, 0.2) is 47.3 Å². The van der Waals surface area contributed by atoms with E-state index in [1.54, 1.807) is 49.4 Å². The molecule has 0 spiro atoms. The van der Waals surface area contributed by atoms with Crippen LogP contribution in [0, 0.1) is 0 Å². The van der Waals surface area contributed by atoms with Crippen molar-refractivity contribution in [2.24, 2.45) is 0 Å². The van der Waals surface area contributed by atoms with Crippen LogP contribution < -0.4 is 15.0 Å². The van der Waals surface area contributed by atoms with Crippen molar-refractivity contribution in [3.8, 4) is 11.5 Å². The number of fused-ring (bicyclic) bond motifs is 1. The van der Waals surface area contributed by atoms with Gasteiger partial charge >= 0.3 is 5.97 Å². The van der Waals surface area contributed by atoms with E-state index in [0.29, 0.717) is 34.6 Å². The normalized spacial score (nSPS) is 11.8. The number of nitrogens with one attached hydrogen (secondary N) is 1. The number of H-pyrrole nitrogens is 1. The molecule has 1 heterocycles. The van der Waals surface area contributed by atoms with Gasteiger partial charge in [-0.2, -0.15) is 0 Å². The Balaban J connectivity index is 1.82. The van der Waals surface area contributed by atoms with Crippen LogP contribution in [-0.2, 0) is 4.74 Å². The van der Waals surface area contributed by atoms with Gasteiger partial charge < -0.3 is 19.2 Å². The first-order valence-corrected chi connectivity index (χ1v) is 8.54. The Labute approximate surface area is 155 Å². The highest BCUT2D eigenvalue weighted by Crippen LogP contribution is 2.29. The maximum Gasteiger partial charge on any atom is 0.338 e. The van der Waals surface area contributed by atoms with Crippen LogP contribution in [0.25, 0.3) is 10.9 Å². The summed E-state index contributed by atoms with van der Waals surface area (Å²) in [7, 11) is 1.50. The van der Waals surface area contributed by atoms with Crippen molar-refractivity contribution in [1.82, 2.24) is 9.97 Å². The molecule has 1 atom stereocenters. The number of carbonyl (C=O) groups is 1. The summed E-state index contributed by atoms with van der Waals surface area (Å²) in [4.78, 5) is 31.7. The van der Waals surface area contributed by atoms with Crippen LogP contribution in [0.5, 0.6) is 11.5 Å². The molecule has 0 aliphatic carbocycles. The van der Waals surface area contributed by atoms with E-state index < -0.39 is 12.1 Å². The standard InChI is InChI=1S/C20H20N2O5/c1-4-26-16-10-9-13(11-17(16)25-3)20(24)27-12(2)18-21-15-8-6-5-7-14(15)19(23)22-18/h5-12H,4H2,1-3H3,(H,21,22,23)/t12-/m0/s1. The van der Waals surface area contributed by atoms with Crippen molar-refractivity contribution in [1.29, 1.82) is 0 Å². The molecule has 7 heteroatoms. The molecule has 0 saturated heterocycles. The Kier molecular flexibility index (Phi) is 5.40. The van der Waals surface area contributed by atoms with E-state index in [2.05, 4.69) is 9.97 Å². The molecular weight excluding hydrogens is 348 g/mol. The summed E-state index contributed by atoms with van der Waals surface area (Å²) in [6.07, 6.45) is -0.729. The summed E-state index contributed by atoms with van der Waals surface area (Å²) in [5, 5.41) is 0.482. The van der Waals surface area contributed by atoms with Gasteiger partial charge in [-0.05, 0) is 44.2 Å². The molecule has 0 aliphatic rings. The molecule has 140 valence electrons. The summed E-state index contributed by atoms with van der Waals surface area (Å²) in [6.45, 7) is 4.00. The van der Waals surface area contributed by atoms with Gasteiger partial charge in [0.2, 0.25) is 0 Å². The summed E-state index contributed by atoms with van der Waals surface area (Å²) in [6, 6.07) is 11.8. The lowest BCUT2D eigenvalue weighted by atomic mass is 10.2. The van der Waals surface area contributed by atoms with Gasteiger partial charge in [0.05, 0.1) is 30.2 Å². The van der Waals surface area contributed by atoms with Crippen molar-refractivity contribution in [2.45, 2.75) is 20.0 Å². The van der Waals surface area contributed by atoms with Gasteiger partial charge in [-0.1, -0.05) is 12.1 Å². The van der Waals surface area contributed by atoms with E-state index in [4.69, 9.17) is 14.2 Å². The Morgan fingerprint density at radius 3 is 2.70 bits per heavy atom. The number of nitrogens with zero attached hydrogens (tertiary/aromatic N) is 1. The van der Waals surface area contributed by atoms with Gasteiger partial charge in [0, 0.05) is 0 Å². The van der Waals surface area contributed by atoms with Crippen molar-refractivity contribution in [3.05, 3.63) is 64.2 Å². The third-order valence-corrected chi connectivity index (χ3v) is 4.00. The lowest BCUT2D eigenvalue weighted by Gasteiger charge is -2.14. The van der Waals surface area contributed by atoms with E-state index in [-0.39, 0.29) is 11.4 Å². The van der Waals surface area contributed by atoms with E-state index in [1.165, 1.54) is 7.11 Å². The monoisotopic (exact) mass is 368 g/mol. The van der Waals surface area contributed by atoms with Crippen molar-refractivity contribution in [3.63, 3.8) is 0 Å². The smallest absolute Gasteiger partial charge is 0.338 e. The van der Waals surface area contributed by atoms with Gasteiger partial charge in [-0.25, -0.2) is 9.78 Å². The Hall–Kier alpha value is -3.35. The third-order valence-electron chi connectivity index (χ3n) is 4.00. The molecule has 2 aromatic carbocycles. The lowest BCUT2D eigenvalue weighted by Crippen LogP contribution is -2.17. The molecule has 1 N–H and O–H groups in total. The zero-order valence-corrected chi connectivity index (χ0v) is 15.3. The second-order valence-corrected chi connectivity index (χ2v) is 5.81. The van der Waals surface area contributed by atoms with Crippen LogP contribution in [0.3, 0.4) is 0 Å². The number of aromatic amines is 1. The second kappa shape index (κ2) is 7.90. The molecule has 0 radical (unpaired) electrons. The minimum Gasteiger partial charge on any atom is -0.493 e. The minimum atomic E-state index is -0.729. The fourth-order valence-electron chi connectivity index (χ4n) is 2.65. The minimum absolute atomic E-state index is 0.277. The molecule has 7 nitrogen and oxygen atoms in total. The number of rotatable bonds is 6. The summed E-state index contributed by atoms with van der Waals surface area (Å²) >= 11 is 0. The highest BCUT2D eigenvalue weighted by atomic mass is 16.5. The number of carbonyl (C=O) groups excluding carboxylic acids is 1. The quantitative estimate of drug-likeness (QED) is 0.672. The molecule has 3 rings (SSSR count). The van der Waals surface area contributed by atoms with E-state index in [0.717, 1.165) is 0 Å². The number of hydrogen-bond donors (Lipinski definition) is 1. The molecule has 0 bridgehead atoms. The number of para-hydroxylation sites is 1. The maximum atomic E-state index is 12.5. The second-order valence-electron chi connectivity index (χ2n) is 5.81. The number of hydrogen-bond acceptors (Lipinski definition) is 6. The molecule has 1 aromatic heterocycles. The molecule has 0 aliphatic heterocycles. The molecule has 0 fully saturated rings. The molecule has 0 saturated carbocycles. The Morgan fingerprint density at radius 2 is 1.96 bits per heavy atom. The number of methoxy groups -OCH3 is 1. The fraction of sp³-hybridized carbons (Fsp3) is 0.250. The number of ether oxygens (including phenoxy) is 3. The van der Waals surface area contributed by atoms with Crippen LogP contribution in [0.4, 0.5) is 0 Å². The fourth-order valence-corrected chi connectivity index (χ4v) is 2.65. The number of benzene rings is 2. The lowest BCUT2D eigenvalue weighted by molar-refractivity contribution is 0.0319. The first-order valence-electron chi connectivity index (χ1n) is 8.54. The Morgan fingerprint density at radius 1 is 1.19 bits per heavy atom. The van der Waals surface area contributed by atoms with Gasteiger partial charge in [0.1, 0.15) is 0 Å². The predicted molar refractivity (Wildman–Crippen MR) is 100 cm³/mol. The number of esters is 1. The highest BCUT2D eigenvalue weighted by molar-refractivity contribution is 5.90. The SMILES string of the molecule is CCOc1ccc(C(=O)O[C@@H](C)c2nc3ccccc3c(=O)[nH]2)cc1OC. The van der Waals surface area contributed by atoms with Crippen LogP contribution in [-0.4, -0.2) is 29.7 Å². The van der Waals surface area contributed by atoms with Crippen LogP contribution >= 0.6 is 0 Å². The first kappa shape index (κ1) is 18.4. The topological polar surface area (TPSA) is 90.5 Å². The van der Waals surface area contributed by atoms with E-state index in [9.17, 15) is 9.59 Å². The maximum absolute atomic E-state index is 12.5. The molecule has 0 amide bonds. The van der Waals surface area contributed by atoms with Crippen molar-refractivity contribution >= 4 is 16.9 Å². The number of aromatic nitrogens is 2. The van der Waals surface area contributed by atoms with Gasteiger partial charge in [0.15, 0.2) is 23.4 Å². The summed E-state index contributed by atoms with van der Waals surface area (Å²) in [5.74, 6) is 0.714.